The smallest absolute Gasteiger partial charge is 0.106 e. The molecule has 0 radical (unpaired) electrons. The summed E-state index contributed by atoms with van der Waals surface area (Å²) < 4.78 is 5.25. The number of hydrogen-bond acceptors (Lipinski definition) is 2. The van der Waals surface area contributed by atoms with Gasteiger partial charge in [-0.3, -0.25) is 0 Å². The molecule has 1 heterocycles. The second kappa shape index (κ2) is 2.70. The van der Waals surface area contributed by atoms with Crippen molar-refractivity contribution < 1.29 is 9.52 Å². The van der Waals surface area contributed by atoms with Crippen LogP contribution in [0.1, 0.15) is 30.9 Å². The van der Waals surface area contributed by atoms with Crippen LogP contribution in [0.25, 0.3) is 0 Å². The summed E-state index contributed by atoms with van der Waals surface area (Å²) in [5.41, 5.74) is 0. The minimum Gasteiger partial charge on any atom is -0.469 e. The minimum absolute atomic E-state index is 0.106. The van der Waals surface area contributed by atoms with Crippen molar-refractivity contribution in [2.75, 3.05) is 0 Å². The molecule has 1 N–H and O–H groups in total. The standard InChI is InChI=1S/C9H12O2/c10-8-4-3-7(6-8)9-2-1-5-11-9/h1-2,5,7-8,10H,3-4,6H2. The molecule has 0 aliphatic heterocycles. The Hall–Kier alpha value is -0.760. The molecule has 0 spiro atoms. The van der Waals surface area contributed by atoms with Crippen LogP contribution in [-0.2, 0) is 0 Å². The average molecular weight is 152 g/mol. The largest absolute Gasteiger partial charge is 0.469 e. The SMILES string of the molecule is OC1CCC(c2ccco2)C1. The maximum atomic E-state index is 9.26. The van der Waals surface area contributed by atoms with E-state index in [0.717, 1.165) is 25.0 Å². The number of aliphatic hydroxyl groups is 1. The lowest BCUT2D eigenvalue weighted by Crippen LogP contribution is -1.98. The summed E-state index contributed by atoms with van der Waals surface area (Å²) in [6, 6.07) is 3.89. The van der Waals surface area contributed by atoms with Gasteiger partial charge in [-0.1, -0.05) is 0 Å². The third-order valence-electron chi connectivity index (χ3n) is 2.35. The lowest BCUT2D eigenvalue weighted by Gasteiger charge is -2.03. The molecule has 1 aliphatic rings. The molecule has 2 nitrogen and oxygen atoms in total. The van der Waals surface area contributed by atoms with Gasteiger partial charge >= 0.3 is 0 Å². The van der Waals surface area contributed by atoms with Crippen molar-refractivity contribution in [1.82, 2.24) is 0 Å². The predicted molar refractivity (Wildman–Crippen MR) is 41.3 cm³/mol. The highest BCUT2D eigenvalue weighted by Crippen LogP contribution is 2.34. The summed E-state index contributed by atoms with van der Waals surface area (Å²) in [4.78, 5) is 0. The third-order valence-corrected chi connectivity index (χ3v) is 2.35. The fourth-order valence-electron chi connectivity index (χ4n) is 1.74. The molecule has 1 aromatic heterocycles. The quantitative estimate of drug-likeness (QED) is 0.666. The van der Waals surface area contributed by atoms with Crippen LogP contribution in [0.3, 0.4) is 0 Å². The number of hydrogen-bond donors (Lipinski definition) is 1. The summed E-state index contributed by atoms with van der Waals surface area (Å²) in [6.07, 6.45) is 4.44. The highest BCUT2D eigenvalue weighted by atomic mass is 16.3. The molecular weight excluding hydrogens is 140 g/mol. The Bertz CT molecular complexity index is 215. The molecule has 1 aromatic rings. The number of furan rings is 1. The summed E-state index contributed by atoms with van der Waals surface area (Å²) >= 11 is 0. The molecule has 0 amide bonds. The summed E-state index contributed by atoms with van der Waals surface area (Å²) in [6.45, 7) is 0. The van der Waals surface area contributed by atoms with Crippen LogP contribution in [0.5, 0.6) is 0 Å². The molecule has 2 atom stereocenters. The molecule has 0 saturated heterocycles. The molecule has 0 aromatic carbocycles. The Morgan fingerprint density at radius 1 is 1.45 bits per heavy atom. The average Bonchev–Trinajstić information content (AvgIpc) is 2.55. The van der Waals surface area contributed by atoms with Crippen molar-refractivity contribution in [3.8, 4) is 0 Å². The van der Waals surface area contributed by atoms with E-state index in [1.54, 1.807) is 6.26 Å². The van der Waals surface area contributed by atoms with E-state index in [-0.39, 0.29) is 6.10 Å². The summed E-state index contributed by atoms with van der Waals surface area (Å²) in [7, 11) is 0. The second-order valence-corrected chi connectivity index (χ2v) is 3.18. The number of rotatable bonds is 1. The van der Waals surface area contributed by atoms with Crippen LogP contribution in [0.15, 0.2) is 22.8 Å². The maximum absolute atomic E-state index is 9.26. The first-order valence-electron chi connectivity index (χ1n) is 4.08. The molecule has 1 fully saturated rings. The van der Waals surface area contributed by atoms with Gasteiger partial charge in [-0.15, -0.1) is 0 Å². The summed E-state index contributed by atoms with van der Waals surface area (Å²) in [5.74, 6) is 1.49. The zero-order chi connectivity index (χ0) is 7.68. The van der Waals surface area contributed by atoms with E-state index >= 15 is 0 Å². The fourth-order valence-corrected chi connectivity index (χ4v) is 1.74. The Morgan fingerprint density at radius 2 is 2.36 bits per heavy atom. The highest BCUT2D eigenvalue weighted by molar-refractivity contribution is 5.07. The van der Waals surface area contributed by atoms with Crippen molar-refractivity contribution in [1.29, 1.82) is 0 Å². The van der Waals surface area contributed by atoms with Gasteiger partial charge in [-0.25, -0.2) is 0 Å². The summed E-state index contributed by atoms with van der Waals surface area (Å²) in [5, 5.41) is 9.26. The van der Waals surface area contributed by atoms with Crippen LogP contribution in [0, 0.1) is 0 Å². The lowest BCUT2D eigenvalue weighted by atomic mass is 10.1. The third kappa shape index (κ3) is 1.31. The topological polar surface area (TPSA) is 33.4 Å². The molecule has 0 bridgehead atoms. The Labute approximate surface area is 65.8 Å². The van der Waals surface area contributed by atoms with Crippen LogP contribution in [0.2, 0.25) is 0 Å². The van der Waals surface area contributed by atoms with Crippen molar-refractivity contribution in [2.24, 2.45) is 0 Å². The van der Waals surface area contributed by atoms with Crippen molar-refractivity contribution in [3.63, 3.8) is 0 Å². The second-order valence-electron chi connectivity index (χ2n) is 3.18. The first kappa shape index (κ1) is 6.92. The van der Waals surface area contributed by atoms with E-state index in [4.69, 9.17) is 4.42 Å². The van der Waals surface area contributed by atoms with Crippen molar-refractivity contribution in [2.45, 2.75) is 31.3 Å². The van der Waals surface area contributed by atoms with Crippen LogP contribution >= 0.6 is 0 Å². The lowest BCUT2D eigenvalue weighted by molar-refractivity contribution is 0.180. The van der Waals surface area contributed by atoms with Gasteiger partial charge in [-0.2, -0.15) is 0 Å². The number of aliphatic hydroxyl groups excluding tert-OH is 1. The van der Waals surface area contributed by atoms with E-state index in [9.17, 15) is 5.11 Å². The predicted octanol–water partition coefficient (Wildman–Crippen LogP) is 1.91. The van der Waals surface area contributed by atoms with Crippen LogP contribution in [-0.4, -0.2) is 11.2 Å². The first-order valence-corrected chi connectivity index (χ1v) is 4.08. The molecule has 60 valence electrons. The molecule has 2 heteroatoms. The highest BCUT2D eigenvalue weighted by Gasteiger charge is 2.25. The Balaban J connectivity index is 2.08. The van der Waals surface area contributed by atoms with Gasteiger partial charge in [0.05, 0.1) is 12.4 Å². The maximum Gasteiger partial charge on any atom is 0.106 e. The van der Waals surface area contributed by atoms with Gasteiger partial charge in [0.25, 0.3) is 0 Å². The van der Waals surface area contributed by atoms with Crippen LogP contribution in [0.4, 0.5) is 0 Å². The Kier molecular flexibility index (Phi) is 1.70. The van der Waals surface area contributed by atoms with Gasteiger partial charge in [0.15, 0.2) is 0 Å². The zero-order valence-corrected chi connectivity index (χ0v) is 6.36. The van der Waals surface area contributed by atoms with E-state index in [2.05, 4.69) is 0 Å². The van der Waals surface area contributed by atoms with Gasteiger partial charge in [0.2, 0.25) is 0 Å². The van der Waals surface area contributed by atoms with E-state index in [1.165, 1.54) is 0 Å². The van der Waals surface area contributed by atoms with Gasteiger partial charge in [0.1, 0.15) is 5.76 Å². The molecular formula is C9H12O2. The van der Waals surface area contributed by atoms with E-state index in [1.807, 2.05) is 12.1 Å². The minimum atomic E-state index is -0.106. The van der Waals surface area contributed by atoms with Gasteiger partial charge in [-0.05, 0) is 31.4 Å². The van der Waals surface area contributed by atoms with Crippen molar-refractivity contribution >= 4 is 0 Å². The molecule has 11 heavy (non-hydrogen) atoms. The first-order chi connectivity index (χ1) is 5.36. The van der Waals surface area contributed by atoms with Gasteiger partial charge in [0, 0.05) is 5.92 Å². The molecule has 2 rings (SSSR count). The molecule has 2 unspecified atom stereocenters. The Morgan fingerprint density at radius 3 is 2.91 bits per heavy atom. The zero-order valence-electron chi connectivity index (χ0n) is 6.36. The van der Waals surface area contributed by atoms with Crippen molar-refractivity contribution in [3.05, 3.63) is 24.2 Å². The monoisotopic (exact) mass is 152 g/mol. The van der Waals surface area contributed by atoms with Gasteiger partial charge < -0.3 is 9.52 Å². The van der Waals surface area contributed by atoms with Crippen LogP contribution < -0.4 is 0 Å². The normalized spacial score (nSPS) is 31.0. The van der Waals surface area contributed by atoms with E-state index in [0.29, 0.717) is 5.92 Å². The van der Waals surface area contributed by atoms with E-state index < -0.39 is 0 Å². The fraction of sp³-hybridized carbons (Fsp3) is 0.556. The molecule has 1 saturated carbocycles. The molecule has 1 aliphatic carbocycles.